The lowest BCUT2D eigenvalue weighted by atomic mass is 10.0. The Kier molecular flexibility index (Phi) is 8.83. The molecule has 0 radical (unpaired) electrons. The zero-order valence-corrected chi connectivity index (χ0v) is 22.3. The van der Waals surface area contributed by atoms with E-state index in [0.717, 1.165) is 62.4 Å². The van der Waals surface area contributed by atoms with E-state index in [9.17, 15) is 4.79 Å². The van der Waals surface area contributed by atoms with Gasteiger partial charge < -0.3 is 16.0 Å². The van der Waals surface area contributed by atoms with Crippen LogP contribution in [0.4, 0.5) is 5.69 Å². The molecule has 2 aromatic heterocycles. The second-order valence-electron chi connectivity index (χ2n) is 9.33. The number of aromatic amines is 1. The highest BCUT2D eigenvalue weighted by Crippen LogP contribution is 2.30. The molecule has 0 atom stereocenters. The van der Waals surface area contributed by atoms with Crippen LogP contribution in [-0.4, -0.2) is 40.7 Å². The fourth-order valence-corrected chi connectivity index (χ4v) is 4.79. The Morgan fingerprint density at radius 1 is 0.872 bits per heavy atom. The van der Waals surface area contributed by atoms with E-state index in [1.807, 2.05) is 67.0 Å². The van der Waals surface area contributed by atoms with E-state index in [0.29, 0.717) is 26.1 Å². The van der Waals surface area contributed by atoms with E-state index in [1.54, 1.807) is 6.20 Å². The lowest BCUT2D eigenvalue weighted by Gasteiger charge is -2.11. The molecule has 0 saturated carbocycles. The maximum Gasteiger partial charge on any atom is 0.221 e. The molecule has 4 N–H and O–H groups in total. The number of nitrogens with one attached hydrogen (secondary N) is 4. The number of rotatable bonds is 12. The summed E-state index contributed by atoms with van der Waals surface area (Å²) >= 11 is 6.50. The van der Waals surface area contributed by atoms with Crippen LogP contribution >= 0.6 is 11.6 Å². The number of hydrogen-bond acceptors (Lipinski definition) is 5. The number of H-pyrrole nitrogens is 1. The third kappa shape index (κ3) is 7.02. The Morgan fingerprint density at radius 2 is 1.74 bits per heavy atom. The van der Waals surface area contributed by atoms with Gasteiger partial charge in [0.05, 0.1) is 11.7 Å². The minimum absolute atomic E-state index is 0.0377. The topological polar surface area (TPSA) is 94.7 Å². The molecule has 1 amide bonds. The highest BCUT2D eigenvalue weighted by atomic mass is 35.5. The van der Waals surface area contributed by atoms with Crippen molar-refractivity contribution >= 4 is 34.1 Å². The summed E-state index contributed by atoms with van der Waals surface area (Å²) in [5.74, 6) is 0.0377. The molecule has 0 saturated heterocycles. The van der Waals surface area contributed by atoms with Crippen LogP contribution in [0.25, 0.3) is 33.2 Å². The van der Waals surface area contributed by atoms with Crippen LogP contribution in [0, 0.1) is 0 Å². The summed E-state index contributed by atoms with van der Waals surface area (Å²) in [5.41, 5.74) is 7.29. The summed E-state index contributed by atoms with van der Waals surface area (Å²) < 4.78 is 0. The quantitative estimate of drug-likeness (QED) is 0.145. The number of nitrogens with zero attached hydrogens (tertiary/aromatic N) is 2. The van der Waals surface area contributed by atoms with Crippen molar-refractivity contribution in [3.63, 3.8) is 0 Å². The molecule has 5 rings (SSSR count). The molecule has 0 spiro atoms. The van der Waals surface area contributed by atoms with Crippen molar-refractivity contribution in [3.05, 3.63) is 102 Å². The van der Waals surface area contributed by atoms with Crippen LogP contribution in [0.15, 0.2) is 91.4 Å². The first-order valence-electron chi connectivity index (χ1n) is 13.1. The number of anilines is 1. The van der Waals surface area contributed by atoms with Crippen molar-refractivity contribution in [3.8, 4) is 22.3 Å². The predicted octanol–water partition coefficient (Wildman–Crippen LogP) is 6.04. The van der Waals surface area contributed by atoms with Gasteiger partial charge in [-0.05, 0) is 47.4 Å². The summed E-state index contributed by atoms with van der Waals surface area (Å²) in [6.07, 6.45) is 6.67. The van der Waals surface area contributed by atoms with E-state index in [2.05, 4.69) is 49.3 Å². The average Bonchev–Trinajstić information content (AvgIpc) is 3.45. The Labute approximate surface area is 233 Å². The van der Waals surface area contributed by atoms with E-state index in [-0.39, 0.29) is 5.91 Å². The van der Waals surface area contributed by atoms with Crippen molar-refractivity contribution in [1.82, 2.24) is 25.8 Å². The average molecular weight is 539 g/mol. The predicted molar refractivity (Wildman–Crippen MR) is 159 cm³/mol. The van der Waals surface area contributed by atoms with Gasteiger partial charge in [0.15, 0.2) is 0 Å². The van der Waals surface area contributed by atoms with Crippen LogP contribution in [0.1, 0.15) is 18.4 Å². The first-order valence-corrected chi connectivity index (χ1v) is 13.5. The van der Waals surface area contributed by atoms with Gasteiger partial charge in [0, 0.05) is 72.2 Å². The number of hydrogen-bond donors (Lipinski definition) is 4. The molecule has 2 heterocycles. The van der Waals surface area contributed by atoms with Gasteiger partial charge in [0.1, 0.15) is 0 Å². The third-order valence-corrected chi connectivity index (χ3v) is 6.83. The SMILES string of the molecule is O=C(CCNCc1ccc(-c2ccccc2)c(Cl)c1)NCCCNc1cc(-c2cccnc2)cc2[nH]ncc12. The number of amides is 1. The smallest absolute Gasteiger partial charge is 0.221 e. The molecular formula is C31H31ClN6O. The van der Waals surface area contributed by atoms with Crippen molar-refractivity contribution in [2.75, 3.05) is 25.0 Å². The number of aromatic nitrogens is 3. The Morgan fingerprint density at radius 3 is 2.56 bits per heavy atom. The van der Waals surface area contributed by atoms with E-state index >= 15 is 0 Å². The van der Waals surface area contributed by atoms with E-state index in [4.69, 9.17) is 11.6 Å². The molecule has 5 aromatic rings. The molecular weight excluding hydrogens is 508 g/mol. The first kappa shape index (κ1) is 26.4. The second kappa shape index (κ2) is 13.0. The van der Waals surface area contributed by atoms with Crippen LogP contribution in [0.2, 0.25) is 5.02 Å². The van der Waals surface area contributed by atoms with Crippen molar-refractivity contribution < 1.29 is 4.79 Å². The van der Waals surface area contributed by atoms with Gasteiger partial charge in [-0.1, -0.05) is 60.1 Å². The molecule has 8 heteroatoms. The molecule has 39 heavy (non-hydrogen) atoms. The van der Waals surface area contributed by atoms with Gasteiger partial charge in [-0.2, -0.15) is 5.10 Å². The molecule has 0 bridgehead atoms. The molecule has 3 aromatic carbocycles. The summed E-state index contributed by atoms with van der Waals surface area (Å²) in [6, 6.07) is 24.3. The molecule has 0 unspecified atom stereocenters. The number of benzene rings is 3. The third-order valence-electron chi connectivity index (χ3n) is 6.52. The molecule has 198 valence electrons. The van der Waals surface area contributed by atoms with Crippen molar-refractivity contribution in [2.45, 2.75) is 19.4 Å². The Hall–Kier alpha value is -4.20. The Balaban J connectivity index is 1.02. The minimum Gasteiger partial charge on any atom is -0.384 e. The zero-order valence-electron chi connectivity index (χ0n) is 21.6. The van der Waals surface area contributed by atoms with Crippen LogP contribution in [0.3, 0.4) is 0 Å². The van der Waals surface area contributed by atoms with Gasteiger partial charge in [-0.15, -0.1) is 0 Å². The summed E-state index contributed by atoms with van der Waals surface area (Å²) in [7, 11) is 0. The lowest BCUT2D eigenvalue weighted by Crippen LogP contribution is -2.29. The number of carbonyl (C=O) groups is 1. The normalized spacial score (nSPS) is 11.0. The number of carbonyl (C=O) groups excluding carboxylic acids is 1. The standard InChI is InChI=1S/C31H31ClN6O/c32-28-16-22(9-10-26(28)23-6-2-1-3-7-23)19-34-15-11-31(39)36-14-5-13-35-29-17-25(24-8-4-12-33-20-24)18-30-27(29)21-37-38-30/h1-4,6-10,12,16-18,20-21,34-35H,5,11,13-15,19H2,(H,36,39)(H,37,38). The van der Waals surface area contributed by atoms with Gasteiger partial charge >= 0.3 is 0 Å². The monoisotopic (exact) mass is 538 g/mol. The highest BCUT2D eigenvalue weighted by Gasteiger charge is 2.08. The maximum absolute atomic E-state index is 12.3. The molecule has 0 aliphatic rings. The van der Waals surface area contributed by atoms with Crippen LogP contribution < -0.4 is 16.0 Å². The molecule has 7 nitrogen and oxygen atoms in total. The second-order valence-corrected chi connectivity index (χ2v) is 9.74. The number of pyridine rings is 1. The fraction of sp³-hybridized carbons (Fsp3) is 0.194. The summed E-state index contributed by atoms with van der Waals surface area (Å²) in [6.45, 7) is 2.60. The van der Waals surface area contributed by atoms with Gasteiger partial charge in [-0.3, -0.25) is 14.9 Å². The van der Waals surface area contributed by atoms with Crippen LogP contribution in [0.5, 0.6) is 0 Å². The van der Waals surface area contributed by atoms with E-state index < -0.39 is 0 Å². The number of halogens is 1. The largest absolute Gasteiger partial charge is 0.384 e. The zero-order chi connectivity index (χ0) is 26.9. The summed E-state index contributed by atoms with van der Waals surface area (Å²) in [4.78, 5) is 16.5. The maximum atomic E-state index is 12.3. The first-order chi connectivity index (χ1) is 19.2. The van der Waals surface area contributed by atoms with Gasteiger partial charge in [0.2, 0.25) is 5.91 Å². The van der Waals surface area contributed by atoms with E-state index in [1.165, 1.54) is 0 Å². The molecule has 0 aliphatic carbocycles. The Bertz CT molecular complexity index is 1520. The molecule has 0 aliphatic heterocycles. The van der Waals surface area contributed by atoms with Crippen molar-refractivity contribution in [2.24, 2.45) is 0 Å². The highest BCUT2D eigenvalue weighted by molar-refractivity contribution is 6.33. The van der Waals surface area contributed by atoms with Gasteiger partial charge in [0.25, 0.3) is 0 Å². The van der Waals surface area contributed by atoms with Gasteiger partial charge in [-0.25, -0.2) is 0 Å². The van der Waals surface area contributed by atoms with Crippen molar-refractivity contribution in [1.29, 1.82) is 0 Å². The lowest BCUT2D eigenvalue weighted by molar-refractivity contribution is -0.120. The minimum atomic E-state index is 0.0377. The van der Waals surface area contributed by atoms with Crippen LogP contribution in [-0.2, 0) is 11.3 Å². The fourth-order valence-electron chi connectivity index (χ4n) is 4.48. The summed E-state index contributed by atoms with van der Waals surface area (Å²) in [5, 5.41) is 18.8. The molecule has 0 fully saturated rings. The number of fused-ring (bicyclic) bond motifs is 1.